The van der Waals surface area contributed by atoms with E-state index < -0.39 is 29.8 Å². The smallest absolute Gasteiger partial charge is 0.255 e. The van der Waals surface area contributed by atoms with E-state index in [0.717, 1.165) is 11.1 Å². The van der Waals surface area contributed by atoms with Crippen LogP contribution in [0.5, 0.6) is 5.75 Å². The number of unbranched alkanes of at least 4 members (excludes halogenated alkanes) is 2. The van der Waals surface area contributed by atoms with Crippen molar-refractivity contribution in [1.29, 1.82) is 0 Å². The third-order valence-corrected chi connectivity index (χ3v) is 6.44. The number of rotatable bonds is 13. The minimum atomic E-state index is -1.24. The third kappa shape index (κ3) is 6.77. The molecule has 8 nitrogen and oxygen atoms in total. The first-order chi connectivity index (χ1) is 18.8. The van der Waals surface area contributed by atoms with Gasteiger partial charge in [-0.05, 0) is 61.4 Å². The maximum Gasteiger partial charge on any atom is 0.255 e. The van der Waals surface area contributed by atoms with Crippen molar-refractivity contribution in [2.24, 2.45) is 5.73 Å². The number of amides is 3. The molecule has 1 aliphatic carbocycles. The van der Waals surface area contributed by atoms with E-state index in [-0.39, 0.29) is 6.42 Å². The molecule has 8 heteroatoms. The molecule has 3 amide bonds. The first-order valence-corrected chi connectivity index (χ1v) is 12.8. The monoisotopic (exact) mass is 516 g/mol. The van der Waals surface area contributed by atoms with Gasteiger partial charge in [0.15, 0.2) is 0 Å². The van der Waals surface area contributed by atoms with Crippen LogP contribution in [0.15, 0.2) is 78.9 Å². The van der Waals surface area contributed by atoms with E-state index >= 15 is 0 Å². The summed E-state index contributed by atoms with van der Waals surface area (Å²) in [5.74, 6) is -1.21. The second-order valence-corrected chi connectivity index (χ2v) is 9.22. The number of para-hydroxylation sites is 1. The van der Waals surface area contributed by atoms with Crippen molar-refractivity contribution < 1.29 is 25.7 Å². The molecule has 198 valence electrons. The normalized spacial score (nSPS) is 14.6. The van der Waals surface area contributed by atoms with E-state index in [9.17, 15) is 14.4 Å². The second kappa shape index (κ2) is 12.9. The number of carbonyl (C=O) groups is 3. The zero-order valence-electron chi connectivity index (χ0n) is 22.1. The number of carbonyl (C=O) groups excluding carboxylic acids is 3. The van der Waals surface area contributed by atoms with Crippen LogP contribution in [0.3, 0.4) is 0 Å². The Morgan fingerprint density at radius 2 is 1.61 bits per heavy atom. The van der Waals surface area contributed by atoms with Gasteiger partial charge >= 0.3 is 0 Å². The number of nitrogens with one attached hydrogen (secondary N) is 1. The molecule has 3 aromatic rings. The molecule has 0 spiro atoms. The molecule has 38 heavy (non-hydrogen) atoms. The maximum absolute atomic E-state index is 13.8. The molecule has 1 fully saturated rings. The molecule has 1 aliphatic rings. The summed E-state index contributed by atoms with van der Waals surface area (Å²) in [4.78, 5) is 39.2. The molecule has 4 N–H and O–H groups in total. The van der Waals surface area contributed by atoms with Crippen molar-refractivity contribution in [3.05, 3.63) is 90.0 Å². The third-order valence-electron chi connectivity index (χ3n) is 6.44. The Morgan fingerprint density at radius 1 is 0.947 bits per heavy atom. The lowest BCUT2D eigenvalue weighted by Gasteiger charge is -2.31. The van der Waals surface area contributed by atoms with Gasteiger partial charge in [0.05, 0.1) is 7.98 Å². The molecule has 0 heterocycles. The molecular weight excluding hydrogens is 482 g/mol. The average molecular weight is 517 g/mol. The van der Waals surface area contributed by atoms with E-state index in [4.69, 9.17) is 17.0 Å². The highest BCUT2D eigenvalue weighted by Crippen LogP contribution is 2.39. The van der Waals surface area contributed by atoms with Gasteiger partial charge in [-0.15, -0.1) is 0 Å². The molecule has 0 saturated heterocycles. The summed E-state index contributed by atoms with van der Waals surface area (Å²) >= 11 is 0. The van der Waals surface area contributed by atoms with Crippen molar-refractivity contribution in [2.45, 2.75) is 50.6 Å². The van der Waals surface area contributed by atoms with E-state index in [2.05, 4.69) is 0 Å². The van der Waals surface area contributed by atoms with Crippen molar-refractivity contribution in [1.82, 2.24) is 10.4 Å². The highest BCUT2D eigenvalue weighted by atomic mass is 16.5. The van der Waals surface area contributed by atoms with E-state index in [1.165, 1.54) is 4.90 Å². The van der Waals surface area contributed by atoms with Crippen LogP contribution in [0.25, 0.3) is 11.1 Å². The predicted molar refractivity (Wildman–Crippen MR) is 143 cm³/mol. The molecule has 0 bridgehead atoms. The SMILES string of the molecule is [2H]C1(N(C(=O)c2ccc(-c3ccccc3)cc2)C(C(N)=O)c2ccccc2OCCCCCC(=O)NO)CC1. The standard InChI is InChI=1S/C30H33N3O5/c31-29(35)28(25-11-6-7-12-26(25)38-20-8-2-5-13-27(34)32-37)33(24-18-19-24)30(36)23-16-14-22(15-17-23)21-9-3-1-4-10-21/h1,3-4,6-7,9-12,14-17,24,28,37H,2,5,8,13,18-20H2,(H2,31,35)(H,32,34)/i24D. The molecular formula is C30H33N3O5. The fourth-order valence-electron chi connectivity index (χ4n) is 4.38. The molecule has 4 rings (SSSR count). The largest absolute Gasteiger partial charge is 0.493 e. The summed E-state index contributed by atoms with van der Waals surface area (Å²) in [5, 5.41) is 8.59. The summed E-state index contributed by atoms with van der Waals surface area (Å²) in [5.41, 5.74) is 10.3. The summed E-state index contributed by atoms with van der Waals surface area (Å²) < 4.78 is 14.8. The van der Waals surface area contributed by atoms with E-state index in [1.54, 1.807) is 41.9 Å². The van der Waals surface area contributed by atoms with Crippen LogP contribution in [0.1, 0.15) is 61.9 Å². The molecule has 0 aliphatic heterocycles. The predicted octanol–water partition coefficient (Wildman–Crippen LogP) is 4.63. The van der Waals surface area contributed by atoms with Crippen molar-refractivity contribution in [2.75, 3.05) is 6.61 Å². The highest BCUT2D eigenvalue weighted by molar-refractivity contribution is 5.98. The summed E-state index contributed by atoms with van der Waals surface area (Å²) in [6.07, 6.45) is 3.03. The van der Waals surface area contributed by atoms with Gasteiger partial charge in [-0.25, -0.2) is 5.48 Å². The number of hydroxylamine groups is 1. The van der Waals surface area contributed by atoms with Gasteiger partial charge in [-0.3, -0.25) is 19.6 Å². The topological polar surface area (TPSA) is 122 Å². The quantitative estimate of drug-likeness (QED) is 0.174. The summed E-state index contributed by atoms with van der Waals surface area (Å²) in [6, 6.07) is 21.4. The lowest BCUT2D eigenvalue weighted by molar-refractivity contribution is -0.129. The van der Waals surface area contributed by atoms with Crippen molar-refractivity contribution >= 4 is 17.7 Å². The zero-order chi connectivity index (χ0) is 27.8. The van der Waals surface area contributed by atoms with E-state index in [0.29, 0.717) is 55.6 Å². The van der Waals surface area contributed by atoms with Gasteiger partial charge in [-0.2, -0.15) is 0 Å². The number of benzene rings is 3. The lowest BCUT2D eigenvalue weighted by atomic mass is 10.00. The second-order valence-electron chi connectivity index (χ2n) is 9.22. The van der Waals surface area contributed by atoms with Crippen LogP contribution >= 0.6 is 0 Å². The summed E-state index contributed by atoms with van der Waals surface area (Å²) in [7, 11) is 0. The Labute approximate surface area is 223 Å². The number of primary amides is 1. The van der Waals surface area contributed by atoms with Crippen LogP contribution in [-0.4, -0.2) is 40.5 Å². The minimum absolute atomic E-state index is 0.214. The van der Waals surface area contributed by atoms with Gasteiger partial charge < -0.3 is 15.4 Å². The van der Waals surface area contributed by atoms with Gasteiger partial charge in [0.25, 0.3) is 5.91 Å². The molecule has 3 aromatic carbocycles. The molecule has 1 saturated carbocycles. The average Bonchev–Trinajstić information content (AvgIpc) is 3.71. The Balaban J connectivity index is 1.54. The van der Waals surface area contributed by atoms with Crippen molar-refractivity contribution in [3.63, 3.8) is 0 Å². The van der Waals surface area contributed by atoms with Crippen LogP contribution < -0.4 is 16.0 Å². The number of nitrogens with zero attached hydrogens (tertiary/aromatic N) is 1. The van der Waals surface area contributed by atoms with Gasteiger partial charge in [0.2, 0.25) is 11.8 Å². The fraction of sp³-hybridized carbons (Fsp3) is 0.300. The van der Waals surface area contributed by atoms with Crippen LogP contribution in [0.2, 0.25) is 0 Å². The fourth-order valence-corrected chi connectivity index (χ4v) is 4.38. The van der Waals surface area contributed by atoms with Gasteiger partial charge in [-0.1, -0.05) is 60.7 Å². The van der Waals surface area contributed by atoms with Crippen LogP contribution in [0.4, 0.5) is 0 Å². The Morgan fingerprint density at radius 3 is 2.26 bits per heavy atom. The lowest BCUT2D eigenvalue weighted by Crippen LogP contribution is -2.43. The van der Waals surface area contributed by atoms with Crippen LogP contribution in [0, 0.1) is 0 Å². The number of hydrogen-bond donors (Lipinski definition) is 3. The Kier molecular flexibility index (Phi) is 8.63. The van der Waals surface area contributed by atoms with E-state index in [1.807, 2.05) is 42.5 Å². The summed E-state index contributed by atoms with van der Waals surface area (Å²) in [6.45, 7) is 0.324. The number of ether oxygens (including phenoxy) is 1. The van der Waals surface area contributed by atoms with Crippen molar-refractivity contribution in [3.8, 4) is 16.9 Å². The van der Waals surface area contributed by atoms with Gasteiger partial charge in [0.1, 0.15) is 11.8 Å². The zero-order valence-corrected chi connectivity index (χ0v) is 21.1. The van der Waals surface area contributed by atoms with Crippen LogP contribution in [-0.2, 0) is 9.59 Å². The number of hydrogen-bond acceptors (Lipinski definition) is 5. The molecule has 1 atom stereocenters. The molecule has 0 aromatic heterocycles. The maximum atomic E-state index is 13.8. The number of nitrogens with two attached hydrogens (primary N) is 1. The first-order valence-electron chi connectivity index (χ1n) is 13.3. The Bertz CT molecular complexity index is 1300. The Hall–Kier alpha value is -4.17. The highest BCUT2D eigenvalue weighted by Gasteiger charge is 2.42. The van der Waals surface area contributed by atoms with Gasteiger partial charge in [0, 0.05) is 23.6 Å². The molecule has 1 unspecified atom stereocenters. The molecule has 0 radical (unpaired) electrons. The minimum Gasteiger partial charge on any atom is -0.493 e. The first kappa shape index (κ1) is 25.5.